The summed E-state index contributed by atoms with van der Waals surface area (Å²) in [5, 5.41) is 1.85. The van der Waals surface area contributed by atoms with Gasteiger partial charge in [-0.25, -0.2) is 4.98 Å². The van der Waals surface area contributed by atoms with E-state index in [9.17, 15) is 0 Å². The lowest BCUT2D eigenvalue weighted by molar-refractivity contribution is 0.596. The Morgan fingerprint density at radius 1 is 0.667 bits per heavy atom. The lowest BCUT2D eigenvalue weighted by Gasteiger charge is -2.37. The number of rotatable bonds is 8. The summed E-state index contributed by atoms with van der Waals surface area (Å²) in [6.45, 7) is 0.613. The van der Waals surface area contributed by atoms with Gasteiger partial charge < -0.3 is 4.57 Å². The second kappa shape index (κ2) is 13.2. The molecule has 2 nitrogen and oxygen atoms in total. The number of benzene rings is 5. The summed E-state index contributed by atoms with van der Waals surface area (Å²) in [6.07, 6.45) is 8.62. The van der Waals surface area contributed by atoms with Gasteiger partial charge in [-0.2, -0.15) is 0 Å². The molecule has 0 saturated heterocycles. The summed E-state index contributed by atoms with van der Waals surface area (Å²) >= 11 is 6.29. The number of hydrogen-bond donors (Lipinski definition) is 0. The number of nitrogens with zero attached hydrogens (tertiary/aromatic N) is 2. The van der Waals surface area contributed by atoms with Gasteiger partial charge in [0.1, 0.15) is 0 Å². The highest BCUT2D eigenvalue weighted by atomic mass is 35.5. The molecule has 0 bridgehead atoms. The molecule has 7 rings (SSSR count). The molecule has 1 aliphatic rings. The van der Waals surface area contributed by atoms with E-state index in [-0.39, 0.29) is 5.16 Å². The van der Waals surface area contributed by atoms with Crippen LogP contribution >= 0.6 is 11.6 Å². The molecule has 206 valence electrons. The molecule has 6 aromatic rings. The van der Waals surface area contributed by atoms with Gasteiger partial charge in [0, 0.05) is 17.4 Å². The highest BCUT2D eigenvalue weighted by molar-refractivity contribution is 6.86. The Bertz CT molecular complexity index is 1580. The Morgan fingerprint density at radius 3 is 1.64 bits per heavy atom. The monoisotopic (exact) mass is 580 g/mol. The van der Waals surface area contributed by atoms with Crippen molar-refractivity contribution in [3.63, 3.8) is 0 Å². The van der Waals surface area contributed by atoms with Crippen molar-refractivity contribution in [2.75, 3.05) is 0 Å². The molecule has 1 heterocycles. The minimum absolute atomic E-state index is 0.260. The fourth-order valence-corrected chi connectivity index (χ4v) is 8.86. The van der Waals surface area contributed by atoms with Crippen LogP contribution in [0, 0.1) is 0 Å². The Balaban J connectivity index is 0.000000168. The van der Waals surface area contributed by atoms with Gasteiger partial charge in [0.05, 0.1) is 21.0 Å². The molecule has 0 amide bonds. The molecule has 0 unspecified atom stereocenters. The number of imidazole rings is 1. The Labute approximate surface area is 257 Å². The number of halogens is 1. The third-order valence-corrected chi connectivity index (χ3v) is 11.0. The van der Waals surface area contributed by atoms with E-state index >= 15 is 0 Å². The second-order valence-corrected chi connectivity index (χ2v) is 13.6. The van der Waals surface area contributed by atoms with Crippen molar-refractivity contribution in [2.45, 2.75) is 23.8 Å². The van der Waals surface area contributed by atoms with Gasteiger partial charge in [-0.1, -0.05) is 180 Å². The van der Waals surface area contributed by atoms with Gasteiger partial charge in [0.15, 0.2) is 0 Å². The molecule has 0 radical (unpaired) electrons. The fourth-order valence-electron chi connectivity index (χ4n) is 6.10. The van der Waals surface area contributed by atoms with Crippen LogP contribution in [0.4, 0.5) is 0 Å². The first-order valence-electron chi connectivity index (χ1n) is 14.7. The van der Waals surface area contributed by atoms with E-state index in [1.807, 2.05) is 24.7 Å². The smallest absolute Gasteiger partial charge is 0.212 e. The first-order chi connectivity index (χ1) is 20.7. The van der Waals surface area contributed by atoms with Gasteiger partial charge in [0.2, 0.25) is 6.71 Å². The Morgan fingerprint density at radius 2 is 1.19 bits per heavy atom. The zero-order valence-electron chi connectivity index (χ0n) is 23.6. The average Bonchev–Trinajstić information content (AvgIpc) is 3.73. The van der Waals surface area contributed by atoms with Crippen molar-refractivity contribution < 1.29 is 0 Å². The largest absolute Gasteiger partial charge is 0.326 e. The van der Waals surface area contributed by atoms with E-state index in [0.717, 1.165) is 10.8 Å². The average molecular weight is 581 g/mol. The number of hydrogen-bond acceptors (Lipinski definition) is 1. The summed E-state index contributed by atoms with van der Waals surface area (Å²) in [7, 11) is -0.853. The minimum atomic E-state index is -0.853. The van der Waals surface area contributed by atoms with E-state index in [1.165, 1.54) is 40.1 Å². The van der Waals surface area contributed by atoms with Crippen LogP contribution in [0.1, 0.15) is 24.0 Å². The summed E-state index contributed by atoms with van der Waals surface area (Å²) in [5.74, 6) is 0.866. The van der Waals surface area contributed by atoms with E-state index in [2.05, 4.69) is 149 Å². The zero-order chi connectivity index (χ0) is 28.6. The Hall–Kier alpha value is -4.12. The summed E-state index contributed by atoms with van der Waals surface area (Å²) < 4.78 is 2.25. The molecular weight excluding hydrogens is 547 g/mol. The van der Waals surface area contributed by atoms with Crippen molar-refractivity contribution in [1.29, 1.82) is 0 Å². The predicted octanol–water partition coefficient (Wildman–Crippen LogP) is 6.24. The van der Waals surface area contributed by atoms with E-state index < -0.39 is 9.52 Å². The van der Waals surface area contributed by atoms with Gasteiger partial charge in [-0.05, 0) is 23.3 Å². The van der Waals surface area contributed by atoms with Crippen molar-refractivity contribution in [3.8, 4) is 0 Å². The molecule has 0 spiro atoms. The van der Waals surface area contributed by atoms with Crippen LogP contribution < -0.4 is 16.1 Å². The van der Waals surface area contributed by atoms with Crippen molar-refractivity contribution >= 4 is 43.9 Å². The molecular formula is C37H34BClN2Si. The molecule has 5 heteroatoms. The van der Waals surface area contributed by atoms with Crippen LogP contribution in [0.25, 0.3) is 0 Å². The highest BCUT2D eigenvalue weighted by Crippen LogP contribution is 2.38. The molecule has 1 aliphatic carbocycles. The summed E-state index contributed by atoms with van der Waals surface area (Å²) in [5.41, 5.74) is 5.49. The van der Waals surface area contributed by atoms with E-state index in [0.29, 0.717) is 6.71 Å². The van der Waals surface area contributed by atoms with Crippen LogP contribution in [0.15, 0.2) is 164 Å². The maximum absolute atomic E-state index is 6.29. The maximum atomic E-state index is 6.29. The lowest BCUT2D eigenvalue weighted by Crippen LogP contribution is -2.46. The first-order valence-corrected chi connectivity index (χ1v) is 16.5. The first kappa shape index (κ1) is 28.0. The maximum Gasteiger partial charge on any atom is 0.212 e. The molecule has 1 fully saturated rings. The van der Waals surface area contributed by atoms with Crippen molar-refractivity contribution in [1.82, 2.24) is 9.55 Å². The molecule has 1 aromatic heterocycles. The molecule has 0 atom stereocenters. The van der Waals surface area contributed by atoms with Gasteiger partial charge >= 0.3 is 0 Å². The normalized spacial score (nSPS) is 13.0. The molecule has 0 aliphatic heterocycles. The predicted molar refractivity (Wildman–Crippen MR) is 182 cm³/mol. The van der Waals surface area contributed by atoms with E-state index in [4.69, 9.17) is 11.6 Å². The number of aromatic nitrogens is 2. The zero-order valence-corrected chi connectivity index (χ0v) is 25.8. The second-order valence-electron chi connectivity index (χ2n) is 11.0. The minimum Gasteiger partial charge on any atom is -0.326 e. The van der Waals surface area contributed by atoms with Crippen LogP contribution in [0.3, 0.4) is 0 Å². The quantitative estimate of drug-likeness (QED) is 0.195. The van der Waals surface area contributed by atoms with Gasteiger partial charge in [-0.15, -0.1) is 0 Å². The van der Waals surface area contributed by atoms with Crippen LogP contribution in [-0.4, -0.2) is 25.8 Å². The summed E-state index contributed by atoms with van der Waals surface area (Å²) in [4.78, 5) is 4.36. The van der Waals surface area contributed by atoms with Gasteiger partial charge in [-0.3, -0.25) is 0 Å². The summed E-state index contributed by atoms with van der Waals surface area (Å²) in [6, 6.07) is 51.5. The molecule has 0 N–H and O–H groups in total. The fraction of sp³-hybridized carbons (Fsp3) is 0.108. The van der Waals surface area contributed by atoms with E-state index in [1.54, 1.807) is 0 Å². The molecule has 1 saturated carbocycles. The van der Waals surface area contributed by atoms with Crippen molar-refractivity contribution in [3.05, 3.63) is 180 Å². The Kier molecular flexibility index (Phi) is 8.84. The third-order valence-electron chi connectivity index (χ3n) is 8.21. The lowest BCUT2D eigenvalue weighted by atomic mass is 9.37. The highest BCUT2D eigenvalue weighted by Gasteiger charge is 2.37. The molecule has 42 heavy (non-hydrogen) atoms. The third kappa shape index (κ3) is 6.36. The standard InChI is InChI=1S/C22H19ClN2Si.C15H15B/c23-20-12-7-13-21(16-20)26-22(25-15-14-24-17-25,18-8-3-1-4-9-18)19-10-5-2-6-11-19;1-3-7-13(8-4-1)16(15-11-12-15)14-9-5-2-6-10-14/h1-17H,26H2;1-10,15H,11-12H2. The van der Waals surface area contributed by atoms with Crippen LogP contribution in [-0.2, 0) is 5.16 Å². The SMILES string of the molecule is Clc1cccc([SiH2]C(c2ccccc2)(c2ccccc2)n2ccnc2)c1.c1ccc(B(c2ccccc2)C2CC2)cc1. The van der Waals surface area contributed by atoms with Crippen LogP contribution in [0.5, 0.6) is 0 Å². The topological polar surface area (TPSA) is 17.8 Å². The van der Waals surface area contributed by atoms with Crippen LogP contribution in [0.2, 0.25) is 10.8 Å². The van der Waals surface area contributed by atoms with Crippen molar-refractivity contribution in [2.24, 2.45) is 0 Å². The molecule has 5 aromatic carbocycles. The van der Waals surface area contributed by atoms with Gasteiger partial charge in [0.25, 0.3) is 0 Å².